The summed E-state index contributed by atoms with van der Waals surface area (Å²) in [6.45, 7) is 2.98. The van der Waals surface area contributed by atoms with E-state index in [1.165, 1.54) is 30.3 Å². The number of anilines is 1. The Bertz CT molecular complexity index is 1210. The Morgan fingerprint density at radius 3 is 2.21 bits per heavy atom. The number of rotatable bonds is 7. The van der Waals surface area contributed by atoms with Crippen molar-refractivity contribution in [2.45, 2.75) is 31.0 Å². The normalized spacial score (nSPS) is 12.8. The summed E-state index contributed by atoms with van der Waals surface area (Å²) in [4.78, 5) is 12.7. The molecule has 174 valence electrons. The fourth-order valence-corrected chi connectivity index (χ4v) is 4.66. The van der Waals surface area contributed by atoms with E-state index in [1.807, 2.05) is 31.2 Å². The fraction of sp³-hybridized carbons (Fsp3) is 0.208. The Morgan fingerprint density at radius 2 is 1.61 bits per heavy atom. The number of hydrogen-bond acceptors (Lipinski definition) is 3. The van der Waals surface area contributed by atoms with Gasteiger partial charge in [-0.1, -0.05) is 54.1 Å². The van der Waals surface area contributed by atoms with E-state index >= 15 is 0 Å². The van der Waals surface area contributed by atoms with Gasteiger partial charge in [0.2, 0.25) is 5.91 Å². The highest BCUT2D eigenvalue weighted by Gasteiger charge is 2.33. The molecule has 0 aliphatic heterocycles. The summed E-state index contributed by atoms with van der Waals surface area (Å²) in [6.07, 6.45) is -4.67. The lowest BCUT2D eigenvalue weighted by Crippen LogP contribution is -2.41. The van der Waals surface area contributed by atoms with Crippen molar-refractivity contribution in [1.29, 1.82) is 0 Å². The smallest absolute Gasteiger partial charge is 0.348 e. The van der Waals surface area contributed by atoms with Gasteiger partial charge in [-0.15, -0.1) is 0 Å². The maximum Gasteiger partial charge on any atom is 0.416 e. The van der Waals surface area contributed by atoms with Crippen LogP contribution in [0.2, 0.25) is 0 Å². The number of nitrogens with zero attached hydrogens (tertiary/aromatic N) is 1. The number of carbonyl (C=O) groups is 1. The molecular weight excluding hydrogens is 453 g/mol. The van der Waals surface area contributed by atoms with E-state index in [0.717, 1.165) is 29.3 Å². The molecule has 0 radical (unpaired) electrons. The number of sulfonamides is 1. The summed E-state index contributed by atoms with van der Waals surface area (Å²) in [7, 11) is -4.31. The SMILES string of the molecule is Cc1ccc([C@@H](C)NC(=O)CN(c2cccc(C(F)(F)F)c2)S(=O)(=O)c2ccccc2)cc1. The largest absolute Gasteiger partial charge is 0.416 e. The first-order valence-electron chi connectivity index (χ1n) is 10.1. The van der Waals surface area contributed by atoms with E-state index in [2.05, 4.69) is 5.32 Å². The highest BCUT2D eigenvalue weighted by molar-refractivity contribution is 7.92. The molecule has 1 amide bonds. The van der Waals surface area contributed by atoms with Crippen molar-refractivity contribution in [2.75, 3.05) is 10.8 Å². The van der Waals surface area contributed by atoms with Crippen LogP contribution in [-0.2, 0) is 21.0 Å². The zero-order valence-corrected chi connectivity index (χ0v) is 18.8. The van der Waals surface area contributed by atoms with Crippen LogP contribution in [0.3, 0.4) is 0 Å². The van der Waals surface area contributed by atoms with Gasteiger partial charge >= 0.3 is 6.18 Å². The minimum absolute atomic E-state index is 0.137. The van der Waals surface area contributed by atoms with E-state index in [0.29, 0.717) is 4.31 Å². The molecule has 0 aromatic heterocycles. The molecule has 0 saturated heterocycles. The fourth-order valence-electron chi connectivity index (χ4n) is 3.23. The third kappa shape index (κ3) is 5.92. The molecule has 0 heterocycles. The van der Waals surface area contributed by atoms with Crippen molar-refractivity contribution < 1.29 is 26.4 Å². The molecule has 1 atom stereocenters. The predicted octanol–water partition coefficient (Wildman–Crippen LogP) is 5.09. The van der Waals surface area contributed by atoms with Crippen LogP contribution in [0.4, 0.5) is 18.9 Å². The van der Waals surface area contributed by atoms with Gasteiger partial charge < -0.3 is 5.32 Å². The molecule has 9 heteroatoms. The molecular formula is C24H23F3N2O3S. The van der Waals surface area contributed by atoms with Crippen molar-refractivity contribution in [2.24, 2.45) is 0 Å². The molecule has 0 unspecified atom stereocenters. The summed E-state index contributed by atoms with van der Waals surface area (Å²) in [6, 6.07) is 18.2. The lowest BCUT2D eigenvalue weighted by Gasteiger charge is -2.26. The number of benzene rings is 3. The van der Waals surface area contributed by atoms with Gasteiger partial charge in [0.1, 0.15) is 6.54 Å². The molecule has 3 rings (SSSR count). The van der Waals surface area contributed by atoms with Gasteiger partial charge in [0.05, 0.1) is 22.2 Å². The average Bonchev–Trinajstić information content (AvgIpc) is 2.78. The van der Waals surface area contributed by atoms with Crippen LogP contribution in [0.25, 0.3) is 0 Å². The third-order valence-corrected chi connectivity index (χ3v) is 6.82. The summed E-state index contributed by atoms with van der Waals surface area (Å²) < 4.78 is 67.0. The summed E-state index contributed by atoms with van der Waals surface area (Å²) >= 11 is 0. The number of alkyl halides is 3. The standard InChI is InChI=1S/C24H23F3N2O3S/c1-17-11-13-19(14-12-17)18(2)28-23(30)16-29(33(31,32)22-9-4-3-5-10-22)21-8-6-7-20(15-21)24(25,26)27/h3-15,18H,16H2,1-2H3,(H,28,30)/t18-/m1/s1. The number of nitrogens with one attached hydrogen (secondary N) is 1. The molecule has 5 nitrogen and oxygen atoms in total. The first-order chi connectivity index (χ1) is 15.5. The maximum absolute atomic E-state index is 13.3. The quantitative estimate of drug-likeness (QED) is 0.517. The van der Waals surface area contributed by atoms with E-state index in [1.54, 1.807) is 13.0 Å². The van der Waals surface area contributed by atoms with Crippen molar-refractivity contribution in [1.82, 2.24) is 5.32 Å². The lowest BCUT2D eigenvalue weighted by atomic mass is 10.1. The summed E-state index contributed by atoms with van der Waals surface area (Å²) in [5, 5.41) is 2.72. The van der Waals surface area contributed by atoms with E-state index in [4.69, 9.17) is 0 Å². The highest BCUT2D eigenvalue weighted by atomic mass is 32.2. The van der Waals surface area contributed by atoms with Crippen LogP contribution in [0, 0.1) is 6.92 Å². The van der Waals surface area contributed by atoms with Gasteiger partial charge in [-0.25, -0.2) is 8.42 Å². The number of halogens is 3. The molecule has 0 saturated carbocycles. The lowest BCUT2D eigenvalue weighted by molar-refractivity contribution is -0.137. The second kappa shape index (κ2) is 9.66. The Balaban J connectivity index is 1.94. The van der Waals surface area contributed by atoms with Gasteiger partial charge in [-0.2, -0.15) is 13.2 Å². The van der Waals surface area contributed by atoms with Crippen LogP contribution < -0.4 is 9.62 Å². The molecule has 1 N–H and O–H groups in total. The van der Waals surface area contributed by atoms with E-state index in [-0.39, 0.29) is 10.6 Å². The molecule has 33 heavy (non-hydrogen) atoms. The molecule has 0 aliphatic carbocycles. The number of aryl methyl sites for hydroxylation is 1. The van der Waals surface area contributed by atoms with Crippen molar-refractivity contribution >= 4 is 21.6 Å². The Morgan fingerprint density at radius 1 is 0.970 bits per heavy atom. The van der Waals surface area contributed by atoms with Crippen molar-refractivity contribution in [3.05, 3.63) is 95.6 Å². The topological polar surface area (TPSA) is 66.5 Å². The van der Waals surface area contributed by atoms with Crippen molar-refractivity contribution in [3.63, 3.8) is 0 Å². The summed E-state index contributed by atoms with van der Waals surface area (Å²) in [5.74, 6) is -0.653. The van der Waals surface area contributed by atoms with Crippen molar-refractivity contribution in [3.8, 4) is 0 Å². The van der Waals surface area contributed by atoms with Gasteiger partial charge in [-0.3, -0.25) is 9.10 Å². The second-order valence-corrected chi connectivity index (χ2v) is 9.44. The molecule has 3 aromatic rings. The highest BCUT2D eigenvalue weighted by Crippen LogP contribution is 2.33. The molecule has 3 aromatic carbocycles. The predicted molar refractivity (Wildman–Crippen MR) is 120 cm³/mol. The number of hydrogen-bond donors (Lipinski definition) is 1. The maximum atomic E-state index is 13.3. The van der Waals surface area contributed by atoms with Crippen LogP contribution in [0.15, 0.2) is 83.8 Å². The number of carbonyl (C=O) groups excluding carboxylic acids is 1. The minimum atomic E-state index is -4.67. The Kier molecular flexibility index (Phi) is 7.12. The van der Waals surface area contributed by atoms with Gasteiger partial charge in [-0.05, 0) is 49.7 Å². The average molecular weight is 477 g/mol. The number of amides is 1. The molecule has 0 bridgehead atoms. The second-order valence-electron chi connectivity index (χ2n) is 7.57. The zero-order valence-electron chi connectivity index (χ0n) is 18.0. The monoisotopic (exact) mass is 476 g/mol. The summed E-state index contributed by atoms with van der Waals surface area (Å²) in [5.41, 5.74) is 0.584. The van der Waals surface area contributed by atoms with Crippen LogP contribution >= 0.6 is 0 Å². The molecule has 0 spiro atoms. The first-order valence-corrected chi connectivity index (χ1v) is 11.5. The van der Waals surface area contributed by atoms with Gasteiger partial charge in [0.25, 0.3) is 10.0 Å². The van der Waals surface area contributed by atoms with Crippen LogP contribution in [0.5, 0.6) is 0 Å². The third-order valence-electron chi connectivity index (χ3n) is 5.03. The van der Waals surface area contributed by atoms with E-state index in [9.17, 15) is 26.4 Å². The molecule has 0 aliphatic rings. The Labute approximate surface area is 190 Å². The van der Waals surface area contributed by atoms with Gasteiger partial charge in [0.15, 0.2) is 0 Å². The molecule has 0 fully saturated rings. The first kappa shape index (κ1) is 24.3. The minimum Gasteiger partial charge on any atom is -0.348 e. The van der Waals surface area contributed by atoms with Crippen LogP contribution in [0.1, 0.15) is 29.7 Å². The zero-order chi connectivity index (χ0) is 24.2. The Hall–Kier alpha value is -3.33. The van der Waals surface area contributed by atoms with E-state index < -0.39 is 40.3 Å². The van der Waals surface area contributed by atoms with Gasteiger partial charge in [0, 0.05) is 0 Å². The van der Waals surface area contributed by atoms with Crippen LogP contribution in [-0.4, -0.2) is 20.9 Å².